The van der Waals surface area contributed by atoms with E-state index in [-0.39, 0.29) is 36.4 Å². The molecule has 1 aromatic carbocycles. The van der Waals surface area contributed by atoms with E-state index in [0.717, 1.165) is 24.5 Å². The number of aromatic hydroxyl groups is 1. The normalized spacial score (nSPS) is 12.9. The van der Waals surface area contributed by atoms with Gasteiger partial charge in [-0.1, -0.05) is 0 Å². The maximum Gasteiger partial charge on any atom is 0.357 e. The van der Waals surface area contributed by atoms with E-state index in [1.165, 1.54) is 0 Å². The summed E-state index contributed by atoms with van der Waals surface area (Å²) in [5, 5.41) is 14.7. The molecule has 0 saturated heterocycles. The molecule has 1 unspecified atom stereocenters. The fourth-order valence-corrected chi connectivity index (χ4v) is 3.23. The number of aromatic nitrogens is 3. The summed E-state index contributed by atoms with van der Waals surface area (Å²) < 4.78 is 80.6. The summed E-state index contributed by atoms with van der Waals surface area (Å²) in [6, 6.07) is 2.05. The largest absolute Gasteiger partial charge is 0.479 e. The van der Waals surface area contributed by atoms with Crippen LogP contribution in [0.25, 0.3) is 0 Å². The van der Waals surface area contributed by atoms with Crippen molar-refractivity contribution in [1.29, 1.82) is 0 Å². The Kier molecular flexibility index (Phi) is 7.44. The number of hydrogen-bond donors (Lipinski definition) is 6. The quantitative estimate of drug-likeness (QED) is 0.136. The Bertz CT molecular complexity index is 1160. The van der Waals surface area contributed by atoms with Crippen LogP contribution >= 0.6 is 0 Å². The van der Waals surface area contributed by atoms with Gasteiger partial charge in [-0.25, -0.2) is 13.1 Å². The Morgan fingerprint density at radius 2 is 1.77 bits per heavy atom. The van der Waals surface area contributed by atoms with E-state index >= 15 is 0 Å². The molecular formula is C12H16N6O9S3. The van der Waals surface area contributed by atoms with E-state index in [1.54, 1.807) is 0 Å². The first-order valence-corrected chi connectivity index (χ1v) is 12.0. The maximum absolute atomic E-state index is 11.3. The zero-order chi connectivity index (χ0) is 22.5. The molecule has 2 rings (SSSR count). The van der Waals surface area contributed by atoms with Crippen LogP contribution in [0, 0.1) is 0 Å². The van der Waals surface area contributed by atoms with Crippen LogP contribution in [-0.2, 0) is 31.5 Å². The van der Waals surface area contributed by atoms with Crippen LogP contribution in [0.4, 0.5) is 17.6 Å². The van der Waals surface area contributed by atoms with Crippen LogP contribution in [0.1, 0.15) is 0 Å². The zero-order valence-corrected chi connectivity index (χ0v) is 17.5. The molecule has 1 aromatic heterocycles. The SMILES string of the molecule is CS(=O)(=O)NCCNc1nc(O)nc(Nc2cc(S(=O)(=O)O)ccc2OS(=O)O)n1. The Morgan fingerprint density at radius 3 is 2.37 bits per heavy atom. The van der Waals surface area contributed by atoms with Crippen molar-refractivity contribution in [3.05, 3.63) is 18.2 Å². The predicted octanol–water partition coefficient (Wildman–Crippen LogP) is -0.956. The molecule has 18 heteroatoms. The molecule has 1 heterocycles. The minimum atomic E-state index is -4.61. The molecule has 6 N–H and O–H groups in total. The molecule has 0 aliphatic heterocycles. The highest BCUT2D eigenvalue weighted by Crippen LogP contribution is 2.30. The molecule has 2 aromatic rings. The lowest BCUT2D eigenvalue weighted by molar-refractivity contribution is 0.429. The molecule has 30 heavy (non-hydrogen) atoms. The first kappa shape index (κ1) is 23.6. The van der Waals surface area contributed by atoms with Crippen LogP contribution < -0.4 is 19.5 Å². The first-order valence-electron chi connectivity index (χ1n) is 7.65. The minimum absolute atomic E-state index is 0.00918. The minimum Gasteiger partial charge on any atom is -0.479 e. The van der Waals surface area contributed by atoms with Gasteiger partial charge in [-0.3, -0.25) is 9.11 Å². The third-order valence-electron chi connectivity index (χ3n) is 3.05. The third kappa shape index (κ3) is 7.65. The molecule has 0 amide bonds. The van der Waals surface area contributed by atoms with Gasteiger partial charge in [0.2, 0.25) is 21.9 Å². The molecule has 15 nitrogen and oxygen atoms in total. The Labute approximate surface area is 173 Å². The molecule has 0 bridgehead atoms. The number of rotatable bonds is 10. The Morgan fingerprint density at radius 1 is 1.10 bits per heavy atom. The zero-order valence-electron chi connectivity index (χ0n) is 15.0. The maximum atomic E-state index is 11.3. The average Bonchev–Trinajstić information content (AvgIpc) is 2.57. The Balaban J connectivity index is 2.27. The van der Waals surface area contributed by atoms with Crippen LogP contribution in [-0.4, -0.2) is 69.6 Å². The van der Waals surface area contributed by atoms with Crippen LogP contribution in [0.5, 0.6) is 11.8 Å². The van der Waals surface area contributed by atoms with Gasteiger partial charge in [0.05, 0.1) is 16.8 Å². The summed E-state index contributed by atoms with van der Waals surface area (Å²) in [6.07, 6.45) is 0.976. The lowest BCUT2D eigenvalue weighted by Crippen LogP contribution is -2.28. The first-order chi connectivity index (χ1) is 13.8. The van der Waals surface area contributed by atoms with Crippen molar-refractivity contribution in [2.75, 3.05) is 30.0 Å². The van der Waals surface area contributed by atoms with E-state index < -0.39 is 42.4 Å². The van der Waals surface area contributed by atoms with Crippen molar-refractivity contribution < 1.29 is 39.4 Å². The monoisotopic (exact) mass is 484 g/mol. The number of anilines is 3. The third-order valence-corrected chi connectivity index (χ3v) is 4.95. The second-order valence-electron chi connectivity index (χ2n) is 5.43. The topological polar surface area (TPSA) is 230 Å². The molecular weight excluding hydrogens is 468 g/mol. The molecule has 0 saturated carbocycles. The molecule has 0 aliphatic carbocycles. The molecule has 1 atom stereocenters. The molecule has 166 valence electrons. The number of benzene rings is 1. The fourth-order valence-electron chi connectivity index (χ4n) is 1.95. The summed E-state index contributed by atoms with van der Waals surface area (Å²) >= 11 is -2.76. The number of nitrogens with one attached hydrogen (secondary N) is 3. The molecule has 0 fully saturated rings. The summed E-state index contributed by atoms with van der Waals surface area (Å²) in [4.78, 5) is 10.5. The van der Waals surface area contributed by atoms with Gasteiger partial charge in [0, 0.05) is 13.1 Å². The number of nitrogens with zero attached hydrogens (tertiary/aromatic N) is 3. The van der Waals surface area contributed by atoms with Crippen LogP contribution in [0.2, 0.25) is 0 Å². The van der Waals surface area contributed by atoms with Crippen LogP contribution in [0.3, 0.4) is 0 Å². The van der Waals surface area contributed by atoms with E-state index in [2.05, 4.69) is 34.5 Å². The van der Waals surface area contributed by atoms with Crippen LogP contribution in [0.15, 0.2) is 23.1 Å². The van der Waals surface area contributed by atoms with Crippen molar-refractivity contribution in [2.45, 2.75) is 4.90 Å². The van der Waals surface area contributed by atoms with Gasteiger partial charge < -0.3 is 19.9 Å². The van der Waals surface area contributed by atoms with Crippen molar-refractivity contribution in [3.8, 4) is 11.8 Å². The highest BCUT2D eigenvalue weighted by molar-refractivity contribution is 7.88. The Hall–Kier alpha value is -2.64. The van der Waals surface area contributed by atoms with Crippen molar-refractivity contribution >= 4 is 49.1 Å². The fraction of sp³-hybridized carbons (Fsp3) is 0.250. The van der Waals surface area contributed by atoms with E-state index in [4.69, 9.17) is 4.55 Å². The molecule has 0 aliphatic rings. The smallest absolute Gasteiger partial charge is 0.357 e. The van der Waals surface area contributed by atoms with Crippen molar-refractivity contribution in [3.63, 3.8) is 0 Å². The van der Waals surface area contributed by atoms with Crippen molar-refractivity contribution in [1.82, 2.24) is 19.7 Å². The van der Waals surface area contributed by atoms with Gasteiger partial charge in [-0.15, -0.1) is 0 Å². The standard InChI is InChI=1S/C12H16N6O9S3/c1-29(22,23)14-5-4-13-10-16-11(18-12(19)17-10)15-8-6-7(30(24,25)26)2-3-9(8)27-28(20)21/h2-3,6,14H,4-5H2,1H3,(H,20,21)(H,24,25,26)(H3,13,15,16,17,18,19). The lowest BCUT2D eigenvalue weighted by atomic mass is 10.3. The summed E-state index contributed by atoms with van der Waals surface area (Å²) in [6.45, 7) is 0.0385. The highest BCUT2D eigenvalue weighted by Gasteiger charge is 2.17. The van der Waals surface area contributed by atoms with Gasteiger partial charge in [0.15, 0.2) is 5.75 Å². The highest BCUT2D eigenvalue weighted by atomic mass is 32.2. The lowest BCUT2D eigenvalue weighted by Gasteiger charge is -2.12. The number of hydrogen-bond acceptors (Lipinski definition) is 12. The van der Waals surface area contributed by atoms with E-state index in [1.807, 2.05) is 0 Å². The van der Waals surface area contributed by atoms with Gasteiger partial charge in [-0.05, 0) is 18.2 Å². The van der Waals surface area contributed by atoms with Gasteiger partial charge in [0.1, 0.15) is 0 Å². The summed E-state index contributed by atoms with van der Waals surface area (Å²) in [5.74, 6) is -0.795. The molecule has 0 spiro atoms. The molecule has 0 radical (unpaired) electrons. The van der Waals surface area contributed by atoms with E-state index in [9.17, 15) is 30.7 Å². The second kappa shape index (κ2) is 9.45. The van der Waals surface area contributed by atoms with Gasteiger partial charge in [0.25, 0.3) is 10.1 Å². The van der Waals surface area contributed by atoms with E-state index in [0.29, 0.717) is 0 Å². The summed E-state index contributed by atoms with van der Waals surface area (Å²) in [5.41, 5.74) is -0.234. The predicted molar refractivity (Wildman–Crippen MR) is 104 cm³/mol. The second-order valence-corrected chi connectivity index (χ2v) is 9.29. The van der Waals surface area contributed by atoms with Crippen molar-refractivity contribution in [2.24, 2.45) is 0 Å². The van der Waals surface area contributed by atoms with Gasteiger partial charge >= 0.3 is 17.4 Å². The average molecular weight is 484 g/mol. The summed E-state index contributed by atoms with van der Waals surface area (Å²) in [7, 11) is -8.01. The van der Waals surface area contributed by atoms with Gasteiger partial charge in [-0.2, -0.15) is 27.6 Å². The number of sulfonamides is 1.